The lowest BCUT2D eigenvalue weighted by molar-refractivity contribution is -0.142. The third-order valence-electron chi connectivity index (χ3n) is 3.39. The fraction of sp³-hybridized carbons (Fsp3) is 0.917. The minimum Gasteiger partial charge on any atom is -0.481 e. The van der Waals surface area contributed by atoms with E-state index in [0.29, 0.717) is 12.8 Å². The van der Waals surface area contributed by atoms with Crippen LogP contribution >= 0.6 is 11.8 Å². The van der Waals surface area contributed by atoms with E-state index in [4.69, 9.17) is 5.11 Å². The van der Waals surface area contributed by atoms with Crippen molar-refractivity contribution in [3.8, 4) is 0 Å². The Morgan fingerprint density at radius 1 is 1.45 bits per heavy atom. The molecule has 0 bridgehead atoms. The standard InChI is InChI=1S/C12H24N2O4S2/c1-3-19-9-6-10(2)13-20(17,18)14-7-4-11(5-8-14)12(15)16/h10-11,13H,3-9H2,1-2H3,(H,15,16). The Bertz CT molecular complexity index is 406. The van der Waals surface area contributed by atoms with E-state index in [1.807, 2.05) is 6.92 Å². The molecule has 1 fully saturated rings. The highest BCUT2D eigenvalue weighted by molar-refractivity contribution is 7.99. The number of carboxylic acid groups (broad SMARTS) is 1. The molecule has 0 aliphatic carbocycles. The average molecular weight is 324 g/mol. The van der Waals surface area contributed by atoms with Gasteiger partial charge >= 0.3 is 5.97 Å². The van der Waals surface area contributed by atoms with Crippen molar-refractivity contribution in [3.05, 3.63) is 0 Å². The van der Waals surface area contributed by atoms with E-state index in [1.165, 1.54) is 4.31 Å². The fourth-order valence-corrected chi connectivity index (χ4v) is 4.41. The first-order valence-corrected chi connectivity index (χ1v) is 9.54. The molecular weight excluding hydrogens is 300 g/mol. The Balaban J connectivity index is 2.43. The van der Waals surface area contributed by atoms with Crippen LogP contribution in [0.4, 0.5) is 0 Å². The van der Waals surface area contributed by atoms with Gasteiger partial charge < -0.3 is 5.11 Å². The number of hydrogen-bond acceptors (Lipinski definition) is 4. The third kappa shape index (κ3) is 5.59. The number of nitrogens with one attached hydrogen (secondary N) is 1. The van der Waals surface area contributed by atoms with Gasteiger partial charge in [-0.3, -0.25) is 4.79 Å². The number of rotatable bonds is 8. The minimum absolute atomic E-state index is 0.101. The normalized spacial score (nSPS) is 19.9. The summed E-state index contributed by atoms with van der Waals surface area (Å²) in [5, 5.41) is 8.91. The zero-order valence-electron chi connectivity index (χ0n) is 12.0. The molecule has 0 spiro atoms. The molecule has 0 aromatic rings. The summed E-state index contributed by atoms with van der Waals surface area (Å²) in [5.41, 5.74) is 0. The minimum atomic E-state index is -3.49. The molecule has 2 N–H and O–H groups in total. The van der Waals surface area contributed by atoms with Gasteiger partial charge in [-0.15, -0.1) is 0 Å². The van der Waals surface area contributed by atoms with Gasteiger partial charge in [-0.2, -0.15) is 29.2 Å². The van der Waals surface area contributed by atoms with Crippen LogP contribution < -0.4 is 4.72 Å². The van der Waals surface area contributed by atoms with Crippen molar-refractivity contribution in [2.45, 2.75) is 39.2 Å². The number of piperidine rings is 1. The lowest BCUT2D eigenvalue weighted by Gasteiger charge is -2.30. The topological polar surface area (TPSA) is 86.7 Å². The molecular formula is C12H24N2O4S2. The molecule has 1 aliphatic heterocycles. The molecule has 20 heavy (non-hydrogen) atoms. The molecule has 0 aromatic carbocycles. The second-order valence-corrected chi connectivity index (χ2v) is 8.12. The number of aliphatic carboxylic acids is 1. The predicted molar refractivity (Wildman–Crippen MR) is 81.1 cm³/mol. The highest BCUT2D eigenvalue weighted by Crippen LogP contribution is 2.19. The predicted octanol–water partition coefficient (Wildman–Crippen LogP) is 1.15. The lowest BCUT2D eigenvalue weighted by atomic mass is 9.99. The first kappa shape index (κ1) is 17.7. The van der Waals surface area contributed by atoms with Crippen LogP contribution in [0.5, 0.6) is 0 Å². The van der Waals surface area contributed by atoms with Crippen LogP contribution in [0.15, 0.2) is 0 Å². The zero-order valence-corrected chi connectivity index (χ0v) is 13.7. The van der Waals surface area contributed by atoms with Crippen LogP contribution in [0.1, 0.15) is 33.1 Å². The number of carboxylic acids is 1. The summed E-state index contributed by atoms with van der Waals surface area (Å²) >= 11 is 1.79. The van der Waals surface area contributed by atoms with Crippen molar-refractivity contribution in [2.75, 3.05) is 24.6 Å². The van der Waals surface area contributed by atoms with Crippen molar-refractivity contribution in [1.82, 2.24) is 9.03 Å². The van der Waals surface area contributed by atoms with Gasteiger partial charge in [0, 0.05) is 19.1 Å². The third-order valence-corrected chi connectivity index (χ3v) is 6.07. The molecule has 0 aromatic heterocycles. The van der Waals surface area contributed by atoms with E-state index < -0.39 is 22.1 Å². The second-order valence-electron chi connectivity index (χ2n) is 5.02. The first-order chi connectivity index (χ1) is 9.36. The molecule has 0 amide bonds. The number of thioether (sulfide) groups is 1. The molecule has 1 rings (SSSR count). The molecule has 0 saturated carbocycles. The Labute approximate surface area is 125 Å². The number of carbonyl (C=O) groups is 1. The molecule has 8 heteroatoms. The van der Waals surface area contributed by atoms with Crippen LogP contribution in [0.2, 0.25) is 0 Å². The van der Waals surface area contributed by atoms with Crippen molar-refractivity contribution < 1.29 is 18.3 Å². The van der Waals surface area contributed by atoms with Crippen molar-refractivity contribution in [1.29, 1.82) is 0 Å². The summed E-state index contributed by atoms with van der Waals surface area (Å²) in [5.74, 6) is 0.712. The SMILES string of the molecule is CCSCCC(C)NS(=O)(=O)N1CCC(C(=O)O)CC1. The van der Waals surface area contributed by atoms with Crippen LogP contribution in [-0.2, 0) is 15.0 Å². The van der Waals surface area contributed by atoms with E-state index in [-0.39, 0.29) is 19.1 Å². The van der Waals surface area contributed by atoms with Gasteiger partial charge in [0.05, 0.1) is 5.92 Å². The largest absolute Gasteiger partial charge is 0.481 e. The summed E-state index contributed by atoms with van der Waals surface area (Å²) in [6.07, 6.45) is 1.57. The molecule has 1 atom stereocenters. The van der Waals surface area contributed by atoms with E-state index in [0.717, 1.165) is 17.9 Å². The molecule has 1 unspecified atom stereocenters. The van der Waals surface area contributed by atoms with Gasteiger partial charge in [0.15, 0.2) is 0 Å². The molecule has 1 heterocycles. The maximum atomic E-state index is 12.2. The average Bonchev–Trinajstić information content (AvgIpc) is 2.38. The van der Waals surface area contributed by atoms with Crippen molar-refractivity contribution in [3.63, 3.8) is 0 Å². The zero-order chi connectivity index (χ0) is 15.2. The van der Waals surface area contributed by atoms with E-state index in [9.17, 15) is 13.2 Å². The van der Waals surface area contributed by atoms with Gasteiger partial charge in [0.25, 0.3) is 10.2 Å². The van der Waals surface area contributed by atoms with Crippen molar-refractivity contribution >= 4 is 27.9 Å². The van der Waals surface area contributed by atoms with Crippen molar-refractivity contribution in [2.24, 2.45) is 5.92 Å². The fourth-order valence-electron chi connectivity index (χ4n) is 2.14. The second kappa shape index (κ2) is 8.21. The summed E-state index contributed by atoms with van der Waals surface area (Å²) in [7, 11) is -3.49. The Morgan fingerprint density at radius 2 is 2.05 bits per heavy atom. The summed E-state index contributed by atoms with van der Waals surface area (Å²) in [6.45, 7) is 4.50. The summed E-state index contributed by atoms with van der Waals surface area (Å²) < 4.78 is 28.4. The summed E-state index contributed by atoms with van der Waals surface area (Å²) in [4.78, 5) is 10.8. The van der Waals surface area contributed by atoms with Gasteiger partial charge in [-0.05, 0) is 37.7 Å². The molecule has 118 valence electrons. The van der Waals surface area contributed by atoms with Gasteiger partial charge in [0.2, 0.25) is 0 Å². The first-order valence-electron chi connectivity index (χ1n) is 6.94. The highest BCUT2D eigenvalue weighted by Gasteiger charge is 2.31. The molecule has 0 radical (unpaired) electrons. The Morgan fingerprint density at radius 3 is 2.55 bits per heavy atom. The molecule has 6 nitrogen and oxygen atoms in total. The molecule has 1 aliphatic rings. The van der Waals surface area contributed by atoms with Crippen LogP contribution in [0.25, 0.3) is 0 Å². The highest BCUT2D eigenvalue weighted by atomic mass is 32.2. The molecule has 1 saturated heterocycles. The number of hydrogen-bond donors (Lipinski definition) is 2. The van der Waals surface area contributed by atoms with Crippen LogP contribution in [0, 0.1) is 5.92 Å². The summed E-state index contributed by atoms with van der Waals surface area (Å²) in [6, 6.07) is -0.101. The van der Waals surface area contributed by atoms with Gasteiger partial charge in [-0.1, -0.05) is 6.92 Å². The van der Waals surface area contributed by atoms with E-state index in [2.05, 4.69) is 11.6 Å². The Hall–Kier alpha value is -0.310. The smallest absolute Gasteiger partial charge is 0.306 e. The van der Waals surface area contributed by atoms with Gasteiger partial charge in [-0.25, -0.2) is 0 Å². The van der Waals surface area contributed by atoms with E-state index in [1.54, 1.807) is 11.8 Å². The maximum absolute atomic E-state index is 12.2. The van der Waals surface area contributed by atoms with Crippen LogP contribution in [-0.4, -0.2) is 54.4 Å². The maximum Gasteiger partial charge on any atom is 0.306 e. The monoisotopic (exact) mass is 324 g/mol. The van der Waals surface area contributed by atoms with E-state index >= 15 is 0 Å². The van der Waals surface area contributed by atoms with Gasteiger partial charge in [0.1, 0.15) is 0 Å². The quantitative estimate of drug-likeness (QED) is 0.654. The van der Waals surface area contributed by atoms with Crippen LogP contribution in [0.3, 0.4) is 0 Å². The Kier molecular flexibility index (Phi) is 7.28. The number of nitrogens with zero attached hydrogens (tertiary/aromatic N) is 1. The lowest BCUT2D eigenvalue weighted by Crippen LogP contribution is -2.48.